The Balaban J connectivity index is 1.60. The molecule has 6 heteroatoms. The molecule has 2 saturated carbocycles. The number of nitrogens with zero attached hydrogens (tertiary/aromatic N) is 2. The second-order valence-corrected chi connectivity index (χ2v) is 6.23. The van der Waals surface area contributed by atoms with Crippen LogP contribution in [-0.2, 0) is 14.4 Å². The van der Waals surface area contributed by atoms with Crippen molar-refractivity contribution in [2.75, 3.05) is 19.6 Å². The molecule has 0 bridgehead atoms. The Labute approximate surface area is 117 Å². The molecular formula is C14H20N2O4. The first kappa shape index (κ1) is 13.4. The first-order valence-electron chi connectivity index (χ1n) is 7.34. The largest absolute Gasteiger partial charge is 0.480 e. The first-order chi connectivity index (χ1) is 9.54. The van der Waals surface area contributed by atoms with Gasteiger partial charge in [-0.2, -0.15) is 0 Å². The second-order valence-electron chi connectivity index (χ2n) is 6.23. The van der Waals surface area contributed by atoms with Gasteiger partial charge in [-0.05, 0) is 31.6 Å². The highest BCUT2D eigenvalue weighted by molar-refractivity contribution is 5.91. The lowest BCUT2D eigenvalue weighted by Gasteiger charge is -2.23. The van der Waals surface area contributed by atoms with Crippen molar-refractivity contribution in [1.82, 2.24) is 9.80 Å². The molecule has 3 rings (SSSR count). The average Bonchev–Trinajstić information content (AvgIpc) is 3.26. The molecular weight excluding hydrogens is 260 g/mol. The van der Waals surface area contributed by atoms with Crippen LogP contribution < -0.4 is 0 Å². The Bertz CT molecular complexity index is 442. The van der Waals surface area contributed by atoms with Gasteiger partial charge >= 0.3 is 5.97 Å². The van der Waals surface area contributed by atoms with Crippen molar-refractivity contribution >= 4 is 17.8 Å². The van der Waals surface area contributed by atoms with E-state index < -0.39 is 5.97 Å². The molecule has 6 nitrogen and oxygen atoms in total. The van der Waals surface area contributed by atoms with Crippen LogP contribution >= 0.6 is 0 Å². The van der Waals surface area contributed by atoms with Crippen LogP contribution in [0.5, 0.6) is 0 Å². The lowest BCUT2D eigenvalue weighted by molar-refractivity contribution is -0.146. The van der Waals surface area contributed by atoms with E-state index in [1.165, 1.54) is 17.7 Å². The summed E-state index contributed by atoms with van der Waals surface area (Å²) in [7, 11) is 0. The molecule has 0 aromatic carbocycles. The zero-order chi connectivity index (χ0) is 14.3. The van der Waals surface area contributed by atoms with Gasteiger partial charge in [-0.3, -0.25) is 14.4 Å². The van der Waals surface area contributed by atoms with Crippen LogP contribution in [0.25, 0.3) is 0 Å². The molecule has 2 aliphatic carbocycles. The van der Waals surface area contributed by atoms with Crippen molar-refractivity contribution in [3.8, 4) is 0 Å². The lowest BCUT2D eigenvalue weighted by atomic mass is 10.1. The van der Waals surface area contributed by atoms with E-state index in [0.29, 0.717) is 12.5 Å². The van der Waals surface area contributed by atoms with Crippen LogP contribution in [0.15, 0.2) is 0 Å². The Morgan fingerprint density at radius 2 is 1.95 bits per heavy atom. The quantitative estimate of drug-likeness (QED) is 0.760. The number of rotatable bonds is 6. The van der Waals surface area contributed by atoms with Crippen molar-refractivity contribution < 1.29 is 19.5 Å². The van der Waals surface area contributed by atoms with Gasteiger partial charge in [-0.1, -0.05) is 0 Å². The number of amides is 2. The zero-order valence-corrected chi connectivity index (χ0v) is 11.5. The fourth-order valence-corrected chi connectivity index (χ4v) is 2.88. The number of hydrogen-bond acceptors (Lipinski definition) is 3. The summed E-state index contributed by atoms with van der Waals surface area (Å²) in [5.74, 6) is -0.820. The summed E-state index contributed by atoms with van der Waals surface area (Å²) in [6.45, 7) is 0.999. The highest BCUT2D eigenvalue weighted by atomic mass is 16.4. The van der Waals surface area contributed by atoms with E-state index in [2.05, 4.69) is 0 Å². The molecule has 0 aromatic rings. The molecule has 2 amide bonds. The fraction of sp³-hybridized carbons (Fsp3) is 0.786. The van der Waals surface area contributed by atoms with E-state index in [1.54, 1.807) is 4.90 Å². The molecule has 0 radical (unpaired) electrons. The third-order valence-electron chi connectivity index (χ3n) is 4.32. The first-order valence-corrected chi connectivity index (χ1v) is 7.34. The van der Waals surface area contributed by atoms with Gasteiger partial charge in [-0.15, -0.1) is 0 Å². The number of carbonyl (C=O) groups is 3. The number of aliphatic carboxylic acids is 1. The summed E-state index contributed by atoms with van der Waals surface area (Å²) in [6.07, 6.45) is 4.36. The molecule has 1 heterocycles. The third kappa shape index (κ3) is 2.94. The lowest BCUT2D eigenvalue weighted by Crippen LogP contribution is -2.42. The molecule has 1 unspecified atom stereocenters. The molecule has 20 heavy (non-hydrogen) atoms. The van der Waals surface area contributed by atoms with E-state index in [9.17, 15) is 14.4 Å². The Morgan fingerprint density at radius 1 is 1.25 bits per heavy atom. The maximum atomic E-state index is 12.4. The maximum absolute atomic E-state index is 12.4. The topological polar surface area (TPSA) is 77.9 Å². The summed E-state index contributed by atoms with van der Waals surface area (Å²) >= 11 is 0. The monoisotopic (exact) mass is 280 g/mol. The number of carbonyl (C=O) groups excluding carboxylic acids is 2. The van der Waals surface area contributed by atoms with E-state index in [0.717, 1.165) is 19.4 Å². The van der Waals surface area contributed by atoms with Crippen LogP contribution in [0.2, 0.25) is 0 Å². The van der Waals surface area contributed by atoms with Crippen LogP contribution in [0.4, 0.5) is 0 Å². The van der Waals surface area contributed by atoms with Gasteiger partial charge in [0.15, 0.2) is 0 Å². The van der Waals surface area contributed by atoms with E-state index >= 15 is 0 Å². The number of likely N-dealkylation sites (tertiary alicyclic amines) is 1. The van der Waals surface area contributed by atoms with Crippen LogP contribution in [0.3, 0.4) is 0 Å². The predicted octanol–water partition coefficient (Wildman–Crippen LogP) is 0.320. The molecule has 110 valence electrons. The van der Waals surface area contributed by atoms with Crippen molar-refractivity contribution in [2.24, 2.45) is 11.8 Å². The van der Waals surface area contributed by atoms with Crippen molar-refractivity contribution in [3.05, 3.63) is 0 Å². The Hall–Kier alpha value is -1.59. The molecule has 3 fully saturated rings. The van der Waals surface area contributed by atoms with Crippen molar-refractivity contribution in [3.63, 3.8) is 0 Å². The van der Waals surface area contributed by atoms with Gasteiger partial charge in [-0.25, -0.2) is 0 Å². The summed E-state index contributed by atoms with van der Waals surface area (Å²) in [4.78, 5) is 38.5. The summed E-state index contributed by atoms with van der Waals surface area (Å²) in [5, 5.41) is 8.91. The molecule has 1 aliphatic heterocycles. The highest BCUT2D eigenvalue weighted by Crippen LogP contribution is 2.33. The molecule has 1 N–H and O–H groups in total. The summed E-state index contributed by atoms with van der Waals surface area (Å²) in [6, 6.07) is 0.0752. The standard InChI is InChI=1S/C14H20N2O4/c17-12-5-10(7-15(12)6-9-1-2-9)14(20)16(8-13(18)19)11-3-4-11/h9-11H,1-8H2,(H,18,19). The zero-order valence-electron chi connectivity index (χ0n) is 11.5. The van der Waals surface area contributed by atoms with Gasteiger partial charge in [0.05, 0.1) is 5.92 Å². The van der Waals surface area contributed by atoms with Gasteiger partial charge in [0.2, 0.25) is 11.8 Å². The number of carboxylic acid groups (broad SMARTS) is 1. The predicted molar refractivity (Wildman–Crippen MR) is 69.8 cm³/mol. The van der Waals surface area contributed by atoms with Gasteiger partial charge < -0.3 is 14.9 Å². The number of hydrogen-bond donors (Lipinski definition) is 1. The summed E-state index contributed by atoms with van der Waals surface area (Å²) in [5.41, 5.74) is 0. The minimum Gasteiger partial charge on any atom is -0.480 e. The normalized spacial score (nSPS) is 25.9. The van der Waals surface area contributed by atoms with E-state index in [4.69, 9.17) is 5.11 Å². The smallest absolute Gasteiger partial charge is 0.323 e. The van der Waals surface area contributed by atoms with Crippen LogP contribution in [-0.4, -0.2) is 58.4 Å². The minimum absolute atomic E-state index is 0.0429. The van der Waals surface area contributed by atoms with Crippen LogP contribution in [0, 0.1) is 11.8 Å². The highest BCUT2D eigenvalue weighted by Gasteiger charge is 2.42. The Morgan fingerprint density at radius 3 is 2.50 bits per heavy atom. The van der Waals surface area contributed by atoms with E-state index in [1.807, 2.05) is 0 Å². The minimum atomic E-state index is -0.982. The SMILES string of the molecule is O=C(O)CN(C(=O)C1CC(=O)N(CC2CC2)C1)C1CC1. The molecule has 1 saturated heterocycles. The van der Waals surface area contributed by atoms with Crippen LogP contribution in [0.1, 0.15) is 32.1 Å². The molecule has 3 aliphatic rings. The van der Waals surface area contributed by atoms with E-state index in [-0.39, 0.29) is 36.7 Å². The molecule has 0 aromatic heterocycles. The third-order valence-corrected chi connectivity index (χ3v) is 4.32. The number of carboxylic acids is 1. The molecule has 1 atom stereocenters. The van der Waals surface area contributed by atoms with Gasteiger partial charge in [0.25, 0.3) is 0 Å². The van der Waals surface area contributed by atoms with Gasteiger partial charge in [0.1, 0.15) is 6.54 Å². The van der Waals surface area contributed by atoms with Crippen molar-refractivity contribution in [1.29, 1.82) is 0 Å². The molecule has 0 spiro atoms. The van der Waals surface area contributed by atoms with Gasteiger partial charge in [0, 0.05) is 25.6 Å². The fourth-order valence-electron chi connectivity index (χ4n) is 2.88. The Kier molecular flexibility index (Phi) is 3.40. The van der Waals surface area contributed by atoms with Crippen molar-refractivity contribution in [2.45, 2.75) is 38.1 Å². The maximum Gasteiger partial charge on any atom is 0.323 e. The summed E-state index contributed by atoms with van der Waals surface area (Å²) < 4.78 is 0. The second kappa shape index (κ2) is 5.07. The average molecular weight is 280 g/mol.